The number of carboxylic acid groups (broad SMARTS) is 1. The van der Waals surface area contributed by atoms with Gasteiger partial charge in [-0.25, -0.2) is 23.3 Å². The maximum atomic E-state index is 11.0. The van der Waals surface area contributed by atoms with E-state index in [4.69, 9.17) is 15.0 Å². The lowest BCUT2D eigenvalue weighted by molar-refractivity contribution is 0.0691. The molecule has 92 valence electrons. The largest absolute Gasteiger partial charge is 0.488 e. The van der Waals surface area contributed by atoms with Crippen LogP contribution in [0.2, 0.25) is 0 Å². The molecule has 0 saturated heterocycles. The van der Waals surface area contributed by atoms with E-state index >= 15 is 0 Å². The predicted octanol–water partition coefficient (Wildman–Crippen LogP) is -0.0316. The number of hydrogen-bond donors (Lipinski definition) is 2. The average Bonchev–Trinajstić information content (AvgIpc) is 3.00. The predicted molar refractivity (Wildman–Crippen MR) is 56.2 cm³/mol. The molecule has 0 atom stereocenters. The Balaban J connectivity index is 2.43. The number of carbonyl (C=O) groups is 1. The van der Waals surface area contributed by atoms with Crippen molar-refractivity contribution in [3.05, 3.63) is 17.8 Å². The molecule has 3 N–H and O–H groups in total. The first-order valence-corrected chi connectivity index (χ1v) is 6.35. The van der Waals surface area contributed by atoms with Gasteiger partial charge in [-0.1, -0.05) is 0 Å². The molecule has 1 fully saturated rings. The van der Waals surface area contributed by atoms with Crippen molar-refractivity contribution in [1.82, 2.24) is 4.98 Å². The molecule has 8 heteroatoms. The van der Waals surface area contributed by atoms with Crippen LogP contribution < -0.4 is 9.88 Å². The number of aromatic nitrogens is 1. The lowest BCUT2D eigenvalue weighted by Crippen LogP contribution is -2.16. The molecule has 17 heavy (non-hydrogen) atoms. The second kappa shape index (κ2) is 3.97. The summed E-state index contributed by atoms with van der Waals surface area (Å²) < 4.78 is 27.4. The maximum absolute atomic E-state index is 11.0. The third-order valence-corrected chi connectivity index (χ3v) is 2.99. The van der Waals surface area contributed by atoms with Gasteiger partial charge in [0.15, 0.2) is 10.8 Å². The zero-order valence-electron chi connectivity index (χ0n) is 8.66. The van der Waals surface area contributed by atoms with Gasteiger partial charge in [-0.05, 0) is 18.9 Å². The first kappa shape index (κ1) is 11.8. The van der Waals surface area contributed by atoms with E-state index in [1.54, 1.807) is 0 Å². The zero-order valence-corrected chi connectivity index (χ0v) is 9.48. The van der Waals surface area contributed by atoms with Gasteiger partial charge in [0.25, 0.3) is 10.0 Å². The molecule has 7 nitrogen and oxygen atoms in total. The van der Waals surface area contributed by atoms with Gasteiger partial charge >= 0.3 is 5.97 Å². The van der Waals surface area contributed by atoms with Crippen molar-refractivity contribution >= 4 is 16.0 Å². The topological polar surface area (TPSA) is 120 Å². The van der Waals surface area contributed by atoms with Crippen LogP contribution >= 0.6 is 0 Å². The Bertz CT molecular complexity index is 565. The Hall–Kier alpha value is -1.67. The minimum absolute atomic E-state index is 0.00441. The summed E-state index contributed by atoms with van der Waals surface area (Å²) in [6, 6.07) is 0.898. The van der Waals surface area contributed by atoms with Crippen LogP contribution in [0.15, 0.2) is 17.3 Å². The number of nitrogens with zero attached hydrogens (tertiary/aromatic N) is 1. The molecular formula is C9H10N2O5S. The molecule has 1 aliphatic rings. The molecule has 1 aromatic rings. The highest BCUT2D eigenvalue weighted by molar-refractivity contribution is 7.89. The van der Waals surface area contributed by atoms with Crippen LogP contribution in [0.3, 0.4) is 0 Å². The molecule has 0 aliphatic heterocycles. The first-order chi connectivity index (χ1) is 7.88. The summed E-state index contributed by atoms with van der Waals surface area (Å²) in [6.45, 7) is 0. The fourth-order valence-corrected chi connectivity index (χ4v) is 1.69. The summed E-state index contributed by atoms with van der Waals surface area (Å²) in [5.41, 5.74) is -0.254. The van der Waals surface area contributed by atoms with E-state index in [0.29, 0.717) is 0 Å². The Morgan fingerprint density at radius 1 is 1.53 bits per heavy atom. The highest BCUT2D eigenvalue weighted by Gasteiger charge is 2.27. The molecule has 0 aromatic carbocycles. The van der Waals surface area contributed by atoms with Gasteiger partial charge in [-0.3, -0.25) is 0 Å². The van der Waals surface area contributed by atoms with E-state index in [9.17, 15) is 13.2 Å². The molecule has 0 radical (unpaired) electrons. The van der Waals surface area contributed by atoms with E-state index in [2.05, 4.69) is 4.98 Å². The number of primary sulfonamides is 1. The number of carboxylic acids is 1. The third kappa shape index (κ3) is 2.71. The normalized spacial score (nSPS) is 15.6. The van der Waals surface area contributed by atoms with E-state index in [-0.39, 0.29) is 17.4 Å². The third-order valence-electron chi connectivity index (χ3n) is 2.18. The number of hydrogen-bond acceptors (Lipinski definition) is 5. The minimum Gasteiger partial charge on any atom is -0.488 e. The summed E-state index contributed by atoms with van der Waals surface area (Å²) in [5, 5.41) is 13.3. The van der Waals surface area contributed by atoms with Crippen LogP contribution in [0.5, 0.6) is 5.75 Å². The Kier molecular flexibility index (Phi) is 2.76. The Morgan fingerprint density at radius 2 is 2.18 bits per heavy atom. The summed E-state index contributed by atoms with van der Waals surface area (Å²) in [6.07, 6.45) is 2.78. The Morgan fingerprint density at radius 3 is 2.65 bits per heavy atom. The molecule has 0 amide bonds. The van der Waals surface area contributed by atoms with Crippen LogP contribution in [-0.4, -0.2) is 30.6 Å². The van der Waals surface area contributed by atoms with Crippen LogP contribution in [-0.2, 0) is 10.0 Å². The van der Waals surface area contributed by atoms with Gasteiger partial charge in [0.2, 0.25) is 0 Å². The van der Waals surface area contributed by atoms with Gasteiger partial charge in [-0.15, -0.1) is 0 Å². The lowest BCUT2D eigenvalue weighted by atomic mass is 10.2. The standard InChI is InChI=1S/C9H10N2O5S/c10-17(14,15)8-3-6(9(12)13)7(4-11-8)16-5-1-2-5/h3-5H,1-2H2,(H,12,13)(H2,10,14,15). The van der Waals surface area contributed by atoms with E-state index in [1.165, 1.54) is 0 Å². The molecule has 1 aromatic heterocycles. The molecule has 0 unspecified atom stereocenters. The van der Waals surface area contributed by atoms with Crippen molar-refractivity contribution in [2.24, 2.45) is 5.14 Å². The second-order valence-corrected chi connectivity index (χ2v) is 5.19. The summed E-state index contributed by atoms with van der Waals surface area (Å²) >= 11 is 0. The molecule has 1 aliphatic carbocycles. The van der Waals surface area contributed by atoms with Crippen molar-refractivity contribution in [2.75, 3.05) is 0 Å². The van der Waals surface area contributed by atoms with Gasteiger partial charge < -0.3 is 9.84 Å². The smallest absolute Gasteiger partial charge is 0.339 e. The van der Waals surface area contributed by atoms with Crippen molar-refractivity contribution in [3.8, 4) is 5.75 Å². The van der Waals surface area contributed by atoms with Gasteiger partial charge in [0.1, 0.15) is 5.56 Å². The van der Waals surface area contributed by atoms with E-state index in [1.807, 2.05) is 0 Å². The van der Waals surface area contributed by atoms with Crippen LogP contribution in [0.25, 0.3) is 0 Å². The number of ether oxygens (including phenoxy) is 1. The molecule has 1 heterocycles. The van der Waals surface area contributed by atoms with Gasteiger partial charge in [0, 0.05) is 0 Å². The first-order valence-electron chi connectivity index (χ1n) is 4.81. The van der Waals surface area contributed by atoms with E-state index in [0.717, 1.165) is 25.1 Å². The number of sulfonamides is 1. The van der Waals surface area contributed by atoms with Gasteiger partial charge in [-0.2, -0.15) is 0 Å². The zero-order chi connectivity index (χ0) is 12.6. The maximum Gasteiger partial charge on any atom is 0.339 e. The van der Waals surface area contributed by atoms with Crippen molar-refractivity contribution in [3.63, 3.8) is 0 Å². The Labute approximate surface area is 97.3 Å². The summed E-state index contributed by atoms with van der Waals surface area (Å²) in [4.78, 5) is 14.5. The van der Waals surface area contributed by atoms with Crippen molar-refractivity contribution in [1.29, 1.82) is 0 Å². The lowest BCUT2D eigenvalue weighted by Gasteiger charge is -2.08. The molecule has 2 rings (SSSR count). The van der Waals surface area contributed by atoms with Crippen molar-refractivity contribution in [2.45, 2.75) is 24.0 Å². The second-order valence-electron chi connectivity index (χ2n) is 3.69. The fourth-order valence-electron chi connectivity index (χ4n) is 1.21. The highest BCUT2D eigenvalue weighted by atomic mass is 32.2. The molecule has 1 saturated carbocycles. The molecule has 0 bridgehead atoms. The quantitative estimate of drug-likeness (QED) is 0.782. The average molecular weight is 258 g/mol. The number of aromatic carboxylic acids is 1. The van der Waals surface area contributed by atoms with Crippen LogP contribution in [0.4, 0.5) is 0 Å². The van der Waals surface area contributed by atoms with Crippen molar-refractivity contribution < 1.29 is 23.1 Å². The molecular weight excluding hydrogens is 248 g/mol. The summed E-state index contributed by atoms with van der Waals surface area (Å²) in [5.74, 6) is -1.22. The number of nitrogens with two attached hydrogens (primary N) is 1. The van der Waals surface area contributed by atoms with Crippen LogP contribution in [0, 0.1) is 0 Å². The number of pyridine rings is 1. The minimum atomic E-state index is -4.02. The van der Waals surface area contributed by atoms with Gasteiger partial charge in [0.05, 0.1) is 12.3 Å². The number of rotatable bonds is 4. The van der Waals surface area contributed by atoms with Crippen LogP contribution in [0.1, 0.15) is 23.2 Å². The SMILES string of the molecule is NS(=O)(=O)c1cc(C(=O)O)c(OC2CC2)cn1. The monoisotopic (exact) mass is 258 g/mol. The highest BCUT2D eigenvalue weighted by Crippen LogP contribution is 2.29. The molecule has 0 spiro atoms. The summed E-state index contributed by atoms with van der Waals surface area (Å²) in [7, 11) is -4.02. The fraction of sp³-hybridized carbons (Fsp3) is 0.333. The van der Waals surface area contributed by atoms with E-state index < -0.39 is 21.0 Å².